The van der Waals surface area contributed by atoms with Gasteiger partial charge in [-0.05, 0) is 63.0 Å². The van der Waals surface area contributed by atoms with E-state index in [1.54, 1.807) is 14.2 Å². The van der Waals surface area contributed by atoms with Crippen molar-refractivity contribution in [1.82, 2.24) is 15.5 Å². The van der Waals surface area contributed by atoms with Gasteiger partial charge in [0, 0.05) is 20.1 Å². The van der Waals surface area contributed by atoms with Crippen LogP contribution in [0, 0.1) is 5.92 Å². The van der Waals surface area contributed by atoms with Gasteiger partial charge in [-0.15, -0.1) is 24.0 Å². The number of nitrogens with zero attached hydrogens (tertiary/aromatic N) is 2. The maximum Gasteiger partial charge on any atom is 0.190 e. The second-order valence-corrected chi connectivity index (χ2v) is 6.57. The third-order valence-corrected chi connectivity index (χ3v) is 4.77. The van der Waals surface area contributed by atoms with Gasteiger partial charge in [-0.3, -0.25) is 4.99 Å². The van der Waals surface area contributed by atoms with Crippen LogP contribution in [0.1, 0.15) is 18.4 Å². The molecule has 0 saturated carbocycles. The first kappa shape index (κ1) is 22.8. The maximum atomic E-state index is 5.35. The van der Waals surface area contributed by atoms with Crippen molar-refractivity contribution in [2.24, 2.45) is 10.9 Å². The van der Waals surface area contributed by atoms with Gasteiger partial charge < -0.3 is 25.0 Å². The third-order valence-electron chi connectivity index (χ3n) is 4.77. The standard InChI is InChI=1S/C19H32N4O2.HI/c1-20-19(22-14-16-8-11-23(2)12-9-16)21-10-7-15-5-6-17(24-3)18(13-15)25-4;/h5-6,13,16H,7-12,14H2,1-4H3,(H2,20,21,22);1H. The Bertz CT molecular complexity index is 560. The molecule has 1 fully saturated rings. The van der Waals surface area contributed by atoms with Crippen molar-refractivity contribution < 1.29 is 9.47 Å². The van der Waals surface area contributed by atoms with Gasteiger partial charge in [0.1, 0.15) is 0 Å². The van der Waals surface area contributed by atoms with Gasteiger partial charge >= 0.3 is 0 Å². The number of aliphatic imine (C=N–C) groups is 1. The number of hydrogen-bond acceptors (Lipinski definition) is 4. The summed E-state index contributed by atoms with van der Waals surface area (Å²) in [5.74, 6) is 3.14. The first-order chi connectivity index (χ1) is 12.2. The van der Waals surface area contributed by atoms with Gasteiger partial charge in [0.05, 0.1) is 14.2 Å². The minimum atomic E-state index is 0. The highest BCUT2D eigenvalue weighted by Gasteiger charge is 2.16. The average Bonchev–Trinajstić information content (AvgIpc) is 2.65. The van der Waals surface area contributed by atoms with Gasteiger partial charge in [-0.1, -0.05) is 6.07 Å². The van der Waals surface area contributed by atoms with Crippen LogP contribution in [0.5, 0.6) is 11.5 Å². The molecule has 2 rings (SSSR count). The predicted molar refractivity (Wildman–Crippen MR) is 118 cm³/mol. The normalized spacial score (nSPS) is 15.9. The summed E-state index contributed by atoms with van der Waals surface area (Å²) in [4.78, 5) is 6.71. The van der Waals surface area contributed by atoms with Crippen LogP contribution in [0.3, 0.4) is 0 Å². The zero-order chi connectivity index (χ0) is 18.1. The quantitative estimate of drug-likeness (QED) is 0.360. The number of rotatable bonds is 7. The molecule has 26 heavy (non-hydrogen) atoms. The Morgan fingerprint density at radius 2 is 1.85 bits per heavy atom. The fraction of sp³-hybridized carbons (Fsp3) is 0.632. The van der Waals surface area contributed by atoms with Gasteiger partial charge in [-0.25, -0.2) is 0 Å². The minimum absolute atomic E-state index is 0. The average molecular weight is 476 g/mol. The second kappa shape index (κ2) is 12.2. The molecule has 0 radical (unpaired) electrons. The summed E-state index contributed by atoms with van der Waals surface area (Å²) < 4.78 is 10.6. The molecular formula is C19H33IN4O2. The van der Waals surface area contributed by atoms with E-state index in [4.69, 9.17) is 9.47 Å². The Labute approximate surface area is 174 Å². The lowest BCUT2D eigenvalue weighted by molar-refractivity contribution is 0.220. The summed E-state index contributed by atoms with van der Waals surface area (Å²) >= 11 is 0. The fourth-order valence-corrected chi connectivity index (χ4v) is 3.09. The molecule has 0 bridgehead atoms. The van der Waals surface area contributed by atoms with Gasteiger partial charge in [0.2, 0.25) is 0 Å². The Hall–Kier alpha value is -1.22. The number of piperidine rings is 1. The van der Waals surface area contributed by atoms with E-state index in [2.05, 4.69) is 33.6 Å². The largest absolute Gasteiger partial charge is 0.493 e. The van der Waals surface area contributed by atoms with Crippen LogP contribution in [0.15, 0.2) is 23.2 Å². The van der Waals surface area contributed by atoms with Crippen LogP contribution in [-0.4, -0.2) is 65.4 Å². The van der Waals surface area contributed by atoms with E-state index in [0.29, 0.717) is 0 Å². The number of guanidine groups is 1. The second-order valence-electron chi connectivity index (χ2n) is 6.57. The summed E-state index contributed by atoms with van der Waals surface area (Å²) in [6, 6.07) is 6.04. The molecule has 0 unspecified atom stereocenters. The molecule has 6 nitrogen and oxygen atoms in total. The number of hydrogen-bond donors (Lipinski definition) is 2. The number of benzene rings is 1. The van der Waals surface area contributed by atoms with Crippen molar-refractivity contribution in [2.45, 2.75) is 19.3 Å². The van der Waals surface area contributed by atoms with Gasteiger partial charge in [0.15, 0.2) is 17.5 Å². The summed E-state index contributed by atoms with van der Waals surface area (Å²) in [5, 5.41) is 6.85. The van der Waals surface area contributed by atoms with Gasteiger partial charge in [-0.2, -0.15) is 0 Å². The topological polar surface area (TPSA) is 58.1 Å². The molecule has 1 aromatic carbocycles. The predicted octanol–water partition coefficient (Wildman–Crippen LogP) is 2.37. The molecule has 0 aromatic heterocycles. The lowest BCUT2D eigenvalue weighted by Crippen LogP contribution is -2.42. The molecule has 1 aliphatic heterocycles. The smallest absolute Gasteiger partial charge is 0.190 e. The lowest BCUT2D eigenvalue weighted by atomic mass is 9.97. The third kappa shape index (κ3) is 7.19. The van der Waals surface area contributed by atoms with E-state index in [1.807, 2.05) is 19.2 Å². The molecule has 0 spiro atoms. The molecule has 7 heteroatoms. The van der Waals surface area contributed by atoms with E-state index < -0.39 is 0 Å². The number of nitrogens with one attached hydrogen (secondary N) is 2. The molecule has 2 N–H and O–H groups in total. The lowest BCUT2D eigenvalue weighted by Gasteiger charge is -2.29. The van der Waals surface area contributed by atoms with E-state index in [0.717, 1.165) is 42.9 Å². The van der Waals surface area contributed by atoms with Crippen LogP contribution < -0.4 is 20.1 Å². The zero-order valence-electron chi connectivity index (χ0n) is 16.4. The molecule has 0 aliphatic carbocycles. The van der Waals surface area contributed by atoms with Crippen molar-refractivity contribution in [3.63, 3.8) is 0 Å². The van der Waals surface area contributed by atoms with Crippen LogP contribution >= 0.6 is 24.0 Å². The Kier molecular flexibility index (Phi) is 10.7. The highest BCUT2D eigenvalue weighted by molar-refractivity contribution is 14.0. The zero-order valence-corrected chi connectivity index (χ0v) is 18.7. The summed E-state index contributed by atoms with van der Waals surface area (Å²) in [6.45, 7) is 4.20. The Balaban J connectivity index is 0.00000338. The number of methoxy groups -OCH3 is 2. The van der Waals surface area contributed by atoms with Crippen molar-refractivity contribution in [2.75, 3.05) is 54.5 Å². The van der Waals surface area contributed by atoms with Gasteiger partial charge in [0.25, 0.3) is 0 Å². The summed E-state index contributed by atoms with van der Waals surface area (Å²) in [7, 11) is 7.33. The van der Waals surface area contributed by atoms with E-state index in [9.17, 15) is 0 Å². The molecule has 1 saturated heterocycles. The van der Waals surface area contributed by atoms with Crippen molar-refractivity contribution in [3.05, 3.63) is 23.8 Å². The SMILES string of the molecule is CN=C(NCCc1ccc(OC)c(OC)c1)NCC1CCN(C)CC1.I. The van der Waals surface area contributed by atoms with Crippen LogP contribution in [-0.2, 0) is 6.42 Å². The highest BCUT2D eigenvalue weighted by atomic mass is 127. The number of halogens is 1. The highest BCUT2D eigenvalue weighted by Crippen LogP contribution is 2.27. The van der Waals surface area contributed by atoms with Crippen LogP contribution in [0.2, 0.25) is 0 Å². The number of ether oxygens (including phenoxy) is 2. The summed E-state index contributed by atoms with van der Waals surface area (Å²) in [6.07, 6.45) is 3.41. The number of likely N-dealkylation sites (tertiary alicyclic amines) is 1. The van der Waals surface area contributed by atoms with Crippen LogP contribution in [0.4, 0.5) is 0 Å². The van der Waals surface area contributed by atoms with E-state index in [-0.39, 0.29) is 24.0 Å². The Morgan fingerprint density at radius 1 is 1.15 bits per heavy atom. The molecule has 1 heterocycles. The first-order valence-electron chi connectivity index (χ1n) is 9.00. The molecule has 1 aliphatic rings. The van der Waals surface area contributed by atoms with Crippen LogP contribution in [0.25, 0.3) is 0 Å². The molecule has 1 aromatic rings. The minimum Gasteiger partial charge on any atom is -0.493 e. The molecule has 0 amide bonds. The van der Waals surface area contributed by atoms with E-state index >= 15 is 0 Å². The molecule has 0 atom stereocenters. The first-order valence-corrected chi connectivity index (χ1v) is 9.00. The fourth-order valence-electron chi connectivity index (χ4n) is 3.09. The van der Waals surface area contributed by atoms with E-state index in [1.165, 1.54) is 31.5 Å². The molecule has 148 valence electrons. The Morgan fingerprint density at radius 3 is 2.46 bits per heavy atom. The molecular weight excluding hydrogens is 443 g/mol. The summed E-state index contributed by atoms with van der Waals surface area (Å²) in [5.41, 5.74) is 1.20. The maximum absolute atomic E-state index is 5.35. The van der Waals surface area contributed by atoms with Crippen molar-refractivity contribution >= 4 is 29.9 Å². The monoisotopic (exact) mass is 476 g/mol. The van der Waals surface area contributed by atoms with Crippen molar-refractivity contribution in [3.8, 4) is 11.5 Å². The van der Waals surface area contributed by atoms with Crippen molar-refractivity contribution in [1.29, 1.82) is 0 Å².